The molecule has 0 saturated carbocycles. The molecule has 3 nitrogen and oxygen atoms in total. The first-order valence-corrected chi connectivity index (χ1v) is 6.16. The summed E-state index contributed by atoms with van der Waals surface area (Å²) in [7, 11) is 4.43. The van der Waals surface area contributed by atoms with Gasteiger partial charge in [-0.05, 0) is 6.08 Å². The van der Waals surface area contributed by atoms with Gasteiger partial charge in [0.15, 0.2) is 0 Å². The molecule has 0 fully saturated rings. The van der Waals surface area contributed by atoms with Crippen LogP contribution in [0, 0.1) is 0 Å². The summed E-state index contributed by atoms with van der Waals surface area (Å²) in [6.45, 7) is 10.3. The van der Waals surface area contributed by atoms with Crippen molar-refractivity contribution in [3.63, 3.8) is 0 Å². The van der Waals surface area contributed by atoms with Gasteiger partial charge in [0, 0.05) is 12.5 Å². The average Bonchev–Trinajstić information content (AvgIpc) is 2.30. The van der Waals surface area contributed by atoms with Crippen LogP contribution < -0.4 is 12.4 Å². The number of hydrogen-bond acceptors (Lipinski definition) is 2. The van der Waals surface area contributed by atoms with Crippen LogP contribution in [0.1, 0.15) is 12.5 Å². The lowest BCUT2D eigenvalue weighted by atomic mass is 10.2. The van der Waals surface area contributed by atoms with Crippen LogP contribution in [0.3, 0.4) is 0 Å². The molecule has 0 atom stereocenters. The van der Waals surface area contributed by atoms with Crippen LogP contribution in [0.5, 0.6) is 0 Å². The minimum Gasteiger partial charge on any atom is -1.00 e. The highest BCUT2D eigenvalue weighted by molar-refractivity contribution is 5.66. The molecule has 0 aliphatic heterocycles. The van der Waals surface area contributed by atoms with Gasteiger partial charge in [0.05, 0.1) is 26.9 Å². The first-order valence-electron chi connectivity index (χ1n) is 6.16. The van der Waals surface area contributed by atoms with Gasteiger partial charge in [-0.15, -0.1) is 0 Å². The van der Waals surface area contributed by atoms with Gasteiger partial charge < -0.3 is 21.6 Å². The van der Waals surface area contributed by atoms with Crippen molar-refractivity contribution in [1.29, 1.82) is 0 Å². The first kappa shape index (κ1) is 20.7. The third kappa shape index (κ3) is 11.5. The van der Waals surface area contributed by atoms with Crippen LogP contribution in [-0.4, -0.2) is 31.1 Å². The lowest BCUT2D eigenvalue weighted by molar-refractivity contribution is -0.897. The van der Waals surface area contributed by atoms with Crippen molar-refractivity contribution >= 4 is 5.97 Å². The maximum Gasteiger partial charge on any atom is 0.307 e. The molecule has 0 spiro atoms. The normalized spacial score (nSPS) is 9.35. The van der Waals surface area contributed by atoms with Crippen molar-refractivity contribution in [3.8, 4) is 0 Å². The smallest absolute Gasteiger partial charge is 0.307 e. The van der Waals surface area contributed by atoms with Crippen molar-refractivity contribution in [3.05, 3.63) is 61.4 Å². The number of hydrogen-bond donors (Lipinski definition) is 0. The largest absolute Gasteiger partial charge is 1.00 e. The number of nitrogens with zero attached hydrogens (tertiary/aromatic N) is 1. The number of halogens is 1. The minimum absolute atomic E-state index is 0. The Morgan fingerprint density at radius 1 is 1.25 bits per heavy atom. The molecule has 112 valence electrons. The summed E-state index contributed by atoms with van der Waals surface area (Å²) < 4.78 is 5.13. The Labute approximate surface area is 128 Å². The van der Waals surface area contributed by atoms with E-state index in [0.717, 1.165) is 23.8 Å². The van der Waals surface area contributed by atoms with Gasteiger partial charge in [0.25, 0.3) is 0 Å². The Bertz CT molecular complexity index is 402. The molecule has 1 rings (SSSR count). The number of esters is 1. The third-order valence-electron chi connectivity index (χ3n) is 2.33. The van der Waals surface area contributed by atoms with Crippen LogP contribution in [0.25, 0.3) is 0 Å². The summed E-state index contributed by atoms with van der Waals surface area (Å²) in [6.07, 6.45) is 3.07. The second-order valence-electron chi connectivity index (χ2n) is 4.83. The monoisotopic (exact) mass is 297 g/mol. The number of rotatable bonds is 5. The molecule has 0 aromatic heterocycles. The molecule has 0 radical (unpaired) electrons. The first-order chi connectivity index (χ1) is 8.91. The summed E-state index contributed by atoms with van der Waals surface area (Å²) in [6, 6.07) is 10.6. The molecule has 0 unspecified atom stereocenters. The number of carbonyl (C=O) groups excluding carboxylic acids is 1. The van der Waals surface area contributed by atoms with E-state index in [1.807, 2.05) is 6.08 Å². The fourth-order valence-corrected chi connectivity index (χ4v) is 1.61. The van der Waals surface area contributed by atoms with Crippen LogP contribution in [0.15, 0.2) is 55.8 Å². The van der Waals surface area contributed by atoms with Gasteiger partial charge in [-0.25, -0.2) is 0 Å². The molecule has 0 aliphatic rings. The Kier molecular flexibility index (Phi) is 11.7. The molecule has 0 aliphatic carbocycles. The second kappa shape index (κ2) is 11.3. The van der Waals surface area contributed by atoms with E-state index >= 15 is 0 Å². The van der Waals surface area contributed by atoms with Gasteiger partial charge in [-0.2, -0.15) is 0 Å². The molecule has 4 heteroatoms. The van der Waals surface area contributed by atoms with Crippen LogP contribution in [0.2, 0.25) is 0 Å². The van der Waals surface area contributed by atoms with E-state index in [2.05, 4.69) is 62.3 Å². The van der Waals surface area contributed by atoms with Crippen LogP contribution >= 0.6 is 0 Å². The summed E-state index contributed by atoms with van der Waals surface area (Å²) >= 11 is 0. The van der Waals surface area contributed by atoms with Crippen molar-refractivity contribution in [2.24, 2.45) is 0 Å². The minimum atomic E-state index is -0.329. The number of benzene rings is 1. The van der Waals surface area contributed by atoms with Crippen molar-refractivity contribution in [2.75, 3.05) is 20.6 Å². The van der Waals surface area contributed by atoms with E-state index in [0.29, 0.717) is 0 Å². The quantitative estimate of drug-likeness (QED) is 0.335. The number of quaternary nitrogens is 1. The zero-order valence-corrected chi connectivity index (χ0v) is 13.3. The molecule has 0 bridgehead atoms. The van der Waals surface area contributed by atoms with Crippen molar-refractivity contribution in [2.45, 2.75) is 13.5 Å². The highest BCUT2D eigenvalue weighted by atomic mass is 35.5. The highest BCUT2D eigenvalue weighted by Gasteiger charge is 2.12. The number of likely N-dealkylation sites (N-methyl/N-ethyl adjacent to an activating group) is 1. The highest BCUT2D eigenvalue weighted by Crippen LogP contribution is 2.08. The van der Waals surface area contributed by atoms with E-state index in [-0.39, 0.29) is 18.4 Å². The zero-order valence-electron chi connectivity index (χ0n) is 12.5. The fraction of sp³-hybridized carbons (Fsp3) is 0.312. The molecule has 1 aromatic carbocycles. The summed E-state index contributed by atoms with van der Waals surface area (Å²) in [5, 5.41) is 0. The fourth-order valence-electron chi connectivity index (χ4n) is 1.61. The summed E-state index contributed by atoms with van der Waals surface area (Å²) in [4.78, 5) is 9.75. The second-order valence-corrected chi connectivity index (χ2v) is 4.83. The van der Waals surface area contributed by atoms with Crippen molar-refractivity contribution < 1.29 is 26.4 Å². The van der Waals surface area contributed by atoms with Crippen LogP contribution in [0.4, 0.5) is 0 Å². The van der Waals surface area contributed by atoms with Gasteiger partial charge in [-0.1, -0.05) is 43.5 Å². The topological polar surface area (TPSA) is 26.3 Å². The van der Waals surface area contributed by atoms with E-state index in [9.17, 15) is 4.79 Å². The Hall–Kier alpha value is -1.58. The van der Waals surface area contributed by atoms with E-state index in [4.69, 9.17) is 0 Å². The summed E-state index contributed by atoms with van der Waals surface area (Å²) in [5.41, 5.74) is 1.38. The number of ether oxygens (including phenoxy) is 1. The summed E-state index contributed by atoms with van der Waals surface area (Å²) in [5.74, 6) is -0.329. The lowest BCUT2D eigenvalue weighted by Crippen LogP contribution is -3.00. The average molecular weight is 298 g/mol. The third-order valence-corrected chi connectivity index (χ3v) is 2.33. The van der Waals surface area contributed by atoms with Gasteiger partial charge >= 0.3 is 5.97 Å². The Morgan fingerprint density at radius 2 is 1.80 bits per heavy atom. The van der Waals surface area contributed by atoms with Crippen molar-refractivity contribution in [1.82, 2.24) is 0 Å². The maximum atomic E-state index is 9.75. The SMILES string of the molecule is C=CC[N+](C)(C)Cc1ccccc1.C=COC(C)=O.[Cl-]. The Balaban J connectivity index is 0. The molecule has 1 aromatic rings. The lowest BCUT2D eigenvalue weighted by Gasteiger charge is -2.28. The molecule has 0 saturated heterocycles. The molecule has 20 heavy (non-hydrogen) atoms. The number of carbonyl (C=O) groups is 1. The molecule has 0 N–H and O–H groups in total. The van der Waals surface area contributed by atoms with E-state index < -0.39 is 0 Å². The molecular weight excluding hydrogens is 274 g/mol. The molecular formula is C16H24ClNO2. The maximum absolute atomic E-state index is 9.75. The molecule has 0 heterocycles. The zero-order chi connectivity index (χ0) is 14.7. The van der Waals surface area contributed by atoms with Gasteiger partial charge in [-0.3, -0.25) is 4.79 Å². The van der Waals surface area contributed by atoms with Gasteiger partial charge in [0.2, 0.25) is 0 Å². The van der Waals surface area contributed by atoms with E-state index in [1.165, 1.54) is 12.5 Å². The predicted octanol–water partition coefficient (Wildman–Crippen LogP) is 0.146. The van der Waals surface area contributed by atoms with Gasteiger partial charge in [0.1, 0.15) is 6.54 Å². The van der Waals surface area contributed by atoms with Crippen LogP contribution in [-0.2, 0) is 16.1 Å². The standard InChI is InChI=1S/C12H18N.C4H6O2.ClH/c1-4-10-13(2,3)11-12-8-6-5-7-9-12;1-3-6-4(2)5;/h4-9H,1,10-11H2,2-3H3;3H,1H2,2H3;1H/q+1;;/p-1. The predicted molar refractivity (Wildman–Crippen MR) is 79.3 cm³/mol. The Morgan fingerprint density at radius 3 is 2.15 bits per heavy atom. The van der Waals surface area contributed by atoms with E-state index in [1.54, 1.807) is 0 Å². The molecule has 0 amide bonds.